The van der Waals surface area contributed by atoms with Gasteiger partial charge >= 0.3 is 6.18 Å². The Morgan fingerprint density at radius 1 is 1.09 bits per heavy atom. The topological polar surface area (TPSA) is 90.7 Å². The zero-order chi connectivity index (χ0) is 23.5. The lowest BCUT2D eigenvalue weighted by Crippen LogP contribution is -2.53. The van der Waals surface area contributed by atoms with E-state index in [0.29, 0.717) is 17.4 Å². The van der Waals surface area contributed by atoms with Crippen LogP contribution in [0, 0.1) is 11.3 Å². The van der Waals surface area contributed by atoms with Crippen molar-refractivity contribution in [2.75, 3.05) is 26.2 Å². The molecule has 0 aliphatic carbocycles. The first kappa shape index (κ1) is 23.6. The van der Waals surface area contributed by atoms with Gasteiger partial charge in [-0.15, -0.1) is 0 Å². The van der Waals surface area contributed by atoms with E-state index in [-0.39, 0.29) is 32.1 Å². The van der Waals surface area contributed by atoms with Crippen molar-refractivity contribution in [2.24, 2.45) is 0 Å². The largest absolute Gasteiger partial charge is 0.481 e. The number of rotatable bonds is 5. The van der Waals surface area contributed by atoms with Gasteiger partial charge < -0.3 is 9.64 Å². The summed E-state index contributed by atoms with van der Waals surface area (Å²) < 4.78 is 71.0. The van der Waals surface area contributed by atoms with Crippen molar-refractivity contribution >= 4 is 15.9 Å². The molecule has 0 aromatic heterocycles. The highest BCUT2D eigenvalue weighted by Crippen LogP contribution is 2.31. The van der Waals surface area contributed by atoms with Gasteiger partial charge in [0.1, 0.15) is 5.75 Å². The second-order valence-electron chi connectivity index (χ2n) is 7.15. The number of nitrogens with zero attached hydrogens (tertiary/aromatic N) is 3. The highest BCUT2D eigenvalue weighted by atomic mass is 32.2. The molecule has 1 unspecified atom stereocenters. The van der Waals surface area contributed by atoms with E-state index in [1.165, 1.54) is 11.0 Å². The Balaban J connectivity index is 1.64. The zero-order valence-corrected chi connectivity index (χ0v) is 17.9. The summed E-state index contributed by atoms with van der Waals surface area (Å²) in [4.78, 5) is 13.7. The number of hydrogen-bond donors (Lipinski definition) is 0. The summed E-state index contributed by atoms with van der Waals surface area (Å²) in [6.07, 6.45) is -5.52. The number of alkyl halides is 3. The number of nitriles is 1. The van der Waals surface area contributed by atoms with E-state index in [0.717, 1.165) is 22.5 Å². The van der Waals surface area contributed by atoms with Crippen LogP contribution in [0.15, 0.2) is 53.4 Å². The van der Waals surface area contributed by atoms with Crippen LogP contribution in [0.5, 0.6) is 5.75 Å². The monoisotopic (exact) mass is 467 g/mol. The molecule has 0 spiro atoms. The molecule has 32 heavy (non-hydrogen) atoms. The number of carbonyl (C=O) groups excluding carboxylic acids is 1. The third-order valence-electron chi connectivity index (χ3n) is 4.97. The number of carbonyl (C=O) groups is 1. The molecule has 0 radical (unpaired) electrons. The van der Waals surface area contributed by atoms with E-state index < -0.39 is 32.8 Å². The molecule has 1 fully saturated rings. The lowest BCUT2D eigenvalue weighted by Gasteiger charge is -2.35. The second-order valence-corrected chi connectivity index (χ2v) is 9.09. The Bertz CT molecular complexity index is 1140. The van der Waals surface area contributed by atoms with Gasteiger partial charge in [0.25, 0.3) is 5.91 Å². The van der Waals surface area contributed by atoms with Crippen LogP contribution in [-0.4, -0.2) is 55.8 Å². The number of ether oxygens (including phenoxy) is 1. The van der Waals surface area contributed by atoms with E-state index in [1.54, 1.807) is 25.1 Å². The van der Waals surface area contributed by atoms with Crippen LogP contribution in [0.1, 0.15) is 18.1 Å². The molecule has 0 bridgehead atoms. The Hall–Kier alpha value is -3.10. The van der Waals surface area contributed by atoms with Gasteiger partial charge in [-0.3, -0.25) is 4.79 Å². The molecule has 7 nitrogen and oxygen atoms in total. The van der Waals surface area contributed by atoms with Crippen molar-refractivity contribution in [3.8, 4) is 11.8 Å². The van der Waals surface area contributed by atoms with Crippen molar-refractivity contribution in [1.82, 2.24) is 9.21 Å². The summed E-state index contributed by atoms with van der Waals surface area (Å²) in [5.74, 6) is -0.000798. The standard InChI is InChI=1S/C21H20F3N3O4S/c1-15(31-18-6-2-4-16(12-18)14-25)20(28)26-8-10-27(11-9-26)32(29,30)19-7-3-5-17(13-19)21(22,23)24/h2-7,12-13,15H,8-11H2,1H3. The molecule has 2 aromatic carbocycles. The number of hydrogen-bond acceptors (Lipinski definition) is 5. The maximum Gasteiger partial charge on any atom is 0.416 e. The predicted molar refractivity (Wildman–Crippen MR) is 108 cm³/mol. The fraction of sp³-hybridized carbons (Fsp3) is 0.333. The number of piperazine rings is 1. The summed E-state index contributed by atoms with van der Waals surface area (Å²) in [6, 6.07) is 11.9. The van der Waals surface area contributed by atoms with Crippen LogP contribution < -0.4 is 4.74 Å². The molecular weight excluding hydrogens is 447 g/mol. The number of amides is 1. The molecule has 2 aromatic rings. The molecule has 0 N–H and O–H groups in total. The molecule has 11 heteroatoms. The second kappa shape index (κ2) is 9.18. The van der Waals surface area contributed by atoms with Gasteiger partial charge in [-0.25, -0.2) is 8.42 Å². The maximum atomic E-state index is 12.9. The Morgan fingerprint density at radius 3 is 2.38 bits per heavy atom. The molecule has 1 heterocycles. The molecule has 1 atom stereocenters. The third-order valence-corrected chi connectivity index (χ3v) is 6.87. The summed E-state index contributed by atoms with van der Waals surface area (Å²) in [7, 11) is -4.14. The van der Waals surface area contributed by atoms with Gasteiger partial charge in [0.05, 0.1) is 22.1 Å². The van der Waals surface area contributed by atoms with Crippen molar-refractivity contribution < 1.29 is 31.1 Å². The fourth-order valence-electron chi connectivity index (χ4n) is 3.28. The molecule has 1 amide bonds. The molecule has 1 aliphatic rings. The minimum atomic E-state index is -4.65. The van der Waals surface area contributed by atoms with Crippen molar-refractivity contribution in [1.29, 1.82) is 5.26 Å². The highest BCUT2D eigenvalue weighted by Gasteiger charge is 2.35. The average molecular weight is 467 g/mol. The lowest BCUT2D eigenvalue weighted by atomic mass is 10.2. The van der Waals surface area contributed by atoms with E-state index in [2.05, 4.69) is 0 Å². The first-order valence-electron chi connectivity index (χ1n) is 9.65. The van der Waals surface area contributed by atoms with Crippen LogP contribution in [-0.2, 0) is 21.0 Å². The third kappa shape index (κ3) is 5.20. The van der Waals surface area contributed by atoms with Gasteiger partial charge in [0.15, 0.2) is 6.10 Å². The first-order valence-corrected chi connectivity index (χ1v) is 11.1. The van der Waals surface area contributed by atoms with E-state index >= 15 is 0 Å². The number of halogens is 3. The van der Waals surface area contributed by atoms with Crippen LogP contribution in [0.25, 0.3) is 0 Å². The zero-order valence-electron chi connectivity index (χ0n) is 17.0. The normalized spacial score (nSPS) is 16.3. The molecule has 170 valence electrons. The molecule has 1 saturated heterocycles. The predicted octanol–water partition coefficient (Wildman–Crippen LogP) is 2.88. The van der Waals surface area contributed by atoms with E-state index in [4.69, 9.17) is 10.00 Å². The summed E-state index contributed by atoms with van der Waals surface area (Å²) in [6.45, 7) is 1.58. The fourth-order valence-corrected chi connectivity index (χ4v) is 4.75. The van der Waals surface area contributed by atoms with Gasteiger partial charge in [-0.05, 0) is 43.3 Å². The SMILES string of the molecule is CC(Oc1cccc(C#N)c1)C(=O)N1CCN(S(=O)(=O)c2cccc(C(F)(F)F)c2)CC1. The minimum Gasteiger partial charge on any atom is -0.481 e. The molecule has 0 saturated carbocycles. The molecule has 1 aliphatic heterocycles. The highest BCUT2D eigenvalue weighted by molar-refractivity contribution is 7.89. The average Bonchev–Trinajstić information content (AvgIpc) is 2.78. The van der Waals surface area contributed by atoms with Crippen molar-refractivity contribution in [3.63, 3.8) is 0 Å². The van der Waals surface area contributed by atoms with Crippen LogP contribution in [0.3, 0.4) is 0 Å². The first-order chi connectivity index (χ1) is 15.0. The van der Waals surface area contributed by atoms with Crippen LogP contribution in [0.2, 0.25) is 0 Å². The van der Waals surface area contributed by atoms with Crippen molar-refractivity contribution in [3.05, 3.63) is 59.7 Å². The van der Waals surface area contributed by atoms with E-state index in [9.17, 15) is 26.4 Å². The smallest absolute Gasteiger partial charge is 0.416 e. The van der Waals surface area contributed by atoms with Crippen LogP contribution in [0.4, 0.5) is 13.2 Å². The number of sulfonamides is 1. The Morgan fingerprint density at radius 2 is 1.75 bits per heavy atom. The quantitative estimate of drug-likeness (QED) is 0.675. The van der Waals surface area contributed by atoms with E-state index in [1.807, 2.05) is 6.07 Å². The number of benzene rings is 2. The van der Waals surface area contributed by atoms with Gasteiger partial charge in [-0.2, -0.15) is 22.7 Å². The minimum absolute atomic E-state index is 0.0546. The lowest BCUT2D eigenvalue weighted by molar-refractivity contribution is -0.139. The van der Waals surface area contributed by atoms with Crippen LogP contribution >= 0.6 is 0 Å². The Kier molecular flexibility index (Phi) is 6.76. The summed E-state index contributed by atoms with van der Waals surface area (Å²) >= 11 is 0. The maximum absolute atomic E-state index is 12.9. The summed E-state index contributed by atoms with van der Waals surface area (Å²) in [5.41, 5.74) is -0.658. The van der Waals surface area contributed by atoms with Gasteiger partial charge in [-0.1, -0.05) is 12.1 Å². The van der Waals surface area contributed by atoms with Gasteiger partial charge in [0.2, 0.25) is 10.0 Å². The van der Waals surface area contributed by atoms with Gasteiger partial charge in [0, 0.05) is 26.2 Å². The molecular formula is C21H20F3N3O4S. The molecule has 3 rings (SSSR count). The Labute approximate surface area is 183 Å². The summed E-state index contributed by atoms with van der Waals surface area (Å²) in [5, 5.41) is 8.95. The van der Waals surface area contributed by atoms with Crippen molar-refractivity contribution in [2.45, 2.75) is 24.1 Å².